The Morgan fingerprint density at radius 1 is 1.46 bits per heavy atom. The highest BCUT2D eigenvalue weighted by Gasteiger charge is 2.20. The van der Waals surface area contributed by atoms with Gasteiger partial charge in [-0.1, -0.05) is 11.8 Å². The Labute approximate surface area is 145 Å². The average molecular weight is 349 g/mol. The Kier molecular flexibility index (Phi) is 5.35. The van der Waals surface area contributed by atoms with E-state index in [0.29, 0.717) is 17.5 Å². The van der Waals surface area contributed by atoms with E-state index < -0.39 is 0 Å². The molecule has 0 N–H and O–H groups in total. The van der Waals surface area contributed by atoms with Crippen LogP contribution >= 0.6 is 11.8 Å². The standard InChI is InChI=1S/C16H23N5O2S/c1-4-20-11(2)8-14(12(20)3)15(22)10-24-16-17-18-19-21(16)9-13-6-5-7-23-13/h8,13H,4-7,9-10H2,1-3H3. The third-order valence-electron chi connectivity index (χ3n) is 4.42. The number of Topliss-reactive ketones (excluding diaryl/α,β-unsaturated/α-hetero) is 1. The van der Waals surface area contributed by atoms with E-state index in [9.17, 15) is 4.79 Å². The molecule has 2 aromatic rings. The molecule has 0 spiro atoms. The van der Waals surface area contributed by atoms with Gasteiger partial charge in [0.05, 0.1) is 18.4 Å². The first-order valence-electron chi connectivity index (χ1n) is 8.30. The molecule has 7 nitrogen and oxygen atoms in total. The molecule has 0 saturated carbocycles. The molecule has 0 aliphatic carbocycles. The van der Waals surface area contributed by atoms with Gasteiger partial charge < -0.3 is 9.30 Å². The van der Waals surface area contributed by atoms with Gasteiger partial charge in [0.25, 0.3) is 0 Å². The number of carbonyl (C=O) groups excluding carboxylic acids is 1. The molecule has 1 aliphatic rings. The molecule has 1 saturated heterocycles. The summed E-state index contributed by atoms with van der Waals surface area (Å²) in [6.45, 7) is 8.44. The van der Waals surface area contributed by atoms with Gasteiger partial charge in [-0.2, -0.15) is 0 Å². The maximum atomic E-state index is 12.6. The molecule has 8 heteroatoms. The van der Waals surface area contributed by atoms with Crippen molar-refractivity contribution >= 4 is 17.5 Å². The summed E-state index contributed by atoms with van der Waals surface area (Å²) in [6, 6.07) is 1.97. The Morgan fingerprint density at radius 3 is 2.96 bits per heavy atom. The summed E-state index contributed by atoms with van der Waals surface area (Å²) < 4.78 is 9.52. The molecule has 1 unspecified atom stereocenters. The van der Waals surface area contributed by atoms with E-state index >= 15 is 0 Å². The van der Waals surface area contributed by atoms with Crippen LogP contribution in [-0.2, 0) is 17.8 Å². The fraction of sp³-hybridized carbons (Fsp3) is 0.625. The molecule has 0 radical (unpaired) electrons. The Balaban J connectivity index is 1.63. The fourth-order valence-electron chi connectivity index (χ4n) is 3.17. The van der Waals surface area contributed by atoms with E-state index in [1.807, 2.05) is 19.9 Å². The molecular formula is C16H23N5O2S. The number of carbonyl (C=O) groups is 1. The van der Waals surface area contributed by atoms with E-state index in [1.165, 1.54) is 11.8 Å². The monoisotopic (exact) mass is 349 g/mol. The van der Waals surface area contributed by atoms with Gasteiger partial charge >= 0.3 is 0 Å². The fourth-order valence-corrected chi connectivity index (χ4v) is 3.94. The number of hydrogen-bond acceptors (Lipinski definition) is 6. The van der Waals surface area contributed by atoms with E-state index in [4.69, 9.17) is 4.74 Å². The summed E-state index contributed by atoms with van der Waals surface area (Å²) in [5, 5.41) is 12.5. The van der Waals surface area contributed by atoms with Gasteiger partial charge in [-0.3, -0.25) is 4.79 Å². The highest BCUT2D eigenvalue weighted by molar-refractivity contribution is 7.99. The minimum Gasteiger partial charge on any atom is -0.376 e. The zero-order valence-electron chi connectivity index (χ0n) is 14.4. The topological polar surface area (TPSA) is 74.8 Å². The van der Waals surface area contributed by atoms with Gasteiger partial charge in [0.1, 0.15) is 0 Å². The van der Waals surface area contributed by atoms with E-state index in [2.05, 4.69) is 27.0 Å². The third kappa shape index (κ3) is 3.54. The maximum Gasteiger partial charge on any atom is 0.209 e. The molecule has 1 fully saturated rings. The quantitative estimate of drug-likeness (QED) is 0.564. The minimum atomic E-state index is 0.111. The molecule has 0 aromatic carbocycles. The number of thioether (sulfide) groups is 1. The summed E-state index contributed by atoms with van der Waals surface area (Å²) >= 11 is 1.38. The van der Waals surface area contributed by atoms with Crippen molar-refractivity contribution in [2.75, 3.05) is 12.4 Å². The second-order valence-corrected chi connectivity index (χ2v) is 6.96. The first kappa shape index (κ1) is 17.2. The van der Waals surface area contributed by atoms with Crippen molar-refractivity contribution in [1.82, 2.24) is 24.8 Å². The normalized spacial score (nSPS) is 17.5. The first-order chi connectivity index (χ1) is 11.6. The SMILES string of the molecule is CCn1c(C)cc(C(=O)CSc2nnnn2CC2CCCO2)c1C. The molecule has 2 aromatic heterocycles. The van der Waals surface area contributed by atoms with Crippen molar-refractivity contribution in [3.8, 4) is 0 Å². The van der Waals surface area contributed by atoms with Crippen LogP contribution in [-0.4, -0.2) is 49.0 Å². The molecule has 1 aliphatic heterocycles. The highest BCUT2D eigenvalue weighted by atomic mass is 32.2. The third-order valence-corrected chi connectivity index (χ3v) is 5.38. The van der Waals surface area contributed by atoms with E-state index in [0.717, 1.165) is 42.9 Å². The molecule has 1 atom stereocenters. The van der Waals surface area contributed by atoms with Crippen molar-refractivity contribution in [2.45, 2.75) is 58.0 Å². The number of tetrazole rings is 1. The van der Waals surface area contributed by atoms with Gasteiger partial charge in [0.15, 0.2) is 5.78 Å². The maximum absolute atomic E-state index is 12.6. The zero-order valence-corrected chi connectivity index (χ0v) is 15.2. The number of nitrogens with zero attached hydrogens (tertiary/aromatic N) is 5. The summed E-state index contributed by atoms with van der Waals surface area (Å²) in [5.74, 6) is 0.444. The summed E-state index contributed by atoms with van der Waals surface area (Å²) in [4.78, 5) is 12.6. The van der Waals surface area contributed by atoms with Crippen molar-refractivity contribution in [1.29, 1.82) is 0 Å². The van der Waals surface area contributed by atoms with Crippen LogP contribution in [0.25, 0.3) is 0 Å². The Bertz CT molecular complexity index is 718. The first-order valence-corrected chi connectivity index (χ1v) is 9.29. The molecule has 24 heavy (non-hydrogen) atoms. The number of aromatic nitrogens is 5. The number of rotatable bonds is 7. The number of ketones is 1. The van der Waals surface area contributed by atoms with Crippen LogP contribution in [0, 0.1) is 13.8 Å². The van der Waals surface area contributed by atoms with Crippen LogP contribution in [0.1, 0.15) is 41.5 Å². The van der Waals surface area contributed by atoms with E-state index in [-0.39, 0.29) is 11.9 Å². The van der Waals surface area contributed by atoms with Crippen LogP contribution in [0.2, 0.25) is 0 Å². The molecule has 0 amide bonds. The summed E-state index contributed by atoms with van der Waals surface area (Å²) in [7, 11) is 0. The molecule has 3 rings (SSSR count). The predicted molar refractivity (Wildman–Crippen MR) is 91.4 cm³/mol. The van der Waals surface area contributed by atoms with Crippen LogP contribution in [0.4, 0.5) is 0 Å². The number of hydrogen-bond donors (Lipinski definition) is 0. The zero-order chi connectivity index (χ0) is 17.1. The smallest absolute Gasteiger partial charge is 0.209 e. The van der Waals surface area contributed by atoms with Crippen molar-refractivity contribution < 1.29 is 9.53 Å². The average Bonchev–Trinajstić information content (AvgIpc) is 3.28. The van der Waals surface area contributed by atoms with Gasteiger partial charge in [0, 0.05) is 30.1 Å². The van der Waals surface area contributed by atoms with Crippen molar-refractivity contribution in [3.63, 3.8) is 0 Å². The summed E-state index contributed by atoms with van der Waals surface area (Å²) in [5.41, 5.74) is 2.94. The number of aryl methyl sites for hydroxylation is 1. The highest BCUT2D eigenvalue weighted by Crippen LogP contribution is 2.21. The van der Waals surface area contributed by atoms with Gasteiger partial charge in [0.2, 0.25) is 5.16 Å². The van der Waals surface area contributed by atoms with Crippen molar-refractivity contribution in [3.05, 3.63) is 23.0 Å². The summed E-state index contributed by atoms with van der Waals surface area (Å²) in [6.07, 6.45) is 2.29. The Morgan fingerprint density at radius 2 is 2.29 bits per heavy atom. The van der Waals surface area contributed by atoms with Crippen molar-refractivity contribution in [2.24, 2.45) is 0 Å². The largest absolute Gasteiger partial charge is 0.376 e. The lowest BCUT2D eigenvalue weighted by molar-refractivity contribution is 0.0912. The Hall–Kier alpha value is -1.67. The van der Waals surface area contributed by atoms with Gasteiger partial charge in [-0.05, 0) is 50.1 Å². The lowest BCUT2D eigenvalue weighted by Crippen LogP contribution is -2.17. The van der Waals surface area contributed by atoms with Crippen LogP contribution in [0.3, 0.4) is 0 Å². The second-order valence-electron chi connectivity index (χ2n) is 6.02. The van der Waals surface area contributed by atoms with Gasteiger partial charge in [-0.15, -0.1) is 5.10 Å². The second kappa shape index (κ2) is 7.48. The van der Waals surface area contributed by atoms with Crippen LogP contribution in [0.15, 0.2) is 11.2 Å². The molecule has 130 valence electrons. The van der Waals surface area contributed by atoms with Crippen LogP contribution < -0.4 is 0 Å². The van der Waals surface area contributed by atoms with E-state index in [1.54, 1.807) is 4.68 Å². The number of ether oxygens (including phenoxy) is 1. The minimum absolute atomic E-state index is 0.111. The molecular weight excluding hydrogens is 326 g/mol. The predicted octanol–water partition coefficient (Wildman–Crippen LogP) is 2.27. The lowest BCUT2D eigenvalue weighted by atomic mass is 10.2. The molecule has 3 heterocycles. The molecule has 0 bridgehead atoms. The lowest BCUT2D eigenvalue weighted by Gasteiger charge is -2.09. The van der Waals surface area contributed by atoms with Crippen LogP contribution in [0.5, 0.6) is 0 Å². The van der Waals surface area contributed by atoms with Gasteiger partial charge in [-0.25, -0.2) is 4.68 Å².